The molecule has 0 bridgehead atoms. The minimum absolute atomic E-state index is 0.253. The third-order valence-electron chi connectivity index (χ3n) is 4.17. The largest absolute Gasteiger partial charge is 0.328 e. The molecule has 6 nitrogen and oxygen atoms in total. The monoisotopic (exact) mass is 344 g/mol. The fourth-order valence-electron chi connectivity index (χ4n) is 2.85. The average molecular weight is 344 g/mol. The first-order valence-corrected chi connectivity index (χ1v) is 8.16. The molecule has 0 aliphatic rings. The van der Waals surface area contributed by atoms with E-state index in [0.29, 0.717) is 17.1 Å². The van der Waals surface area contributed by atoms with Crippen LogP contribution < -0.4 is 10.9 Å². The molecule has 2 N–H and O–H groups in total. The first-order valence-electron chi connectivity index (χ1n) is 8.16. The summed E-state index contributed by atoms with van der Waals surface area (Å²) in [6.45, 7) is 1.98. The lowest BCUT2D eigenvalue weighted by Gasteiger charge is -2.08. The Morgan fingerprint density at radius 1 is 1.08 bits per heavy atom. The highest BCUT2D eigenvalue weighted by atomic mass is 16.2. The fraction of sp³-hybridized carbons (Fsp3) is 0.0500. The molecule has 1 amide bonds. The van der Waals surface area contributed by atoms with Crippen molar-refractivity contribution >= 4 is 17.4 Å². The number of amides is 1. The van der Waals surface area contributed by atoms with Gasteiger partial charge in [-0.05, 0) is 24.6 Å². The van der Waals surface area contributed by atoms with Gasteiger partial charge in [0.25, 0.3) is 5.91 Å². The van der Waals surface area contributed by atoms with Gasteiger partial charge in [-0.15, -0.1) is 0 Å². The van der Waals surface area contributed by atoms with Crippen molar-refractivity contribution in [1.82, 2.24) is 14.4 Å². The first-order chi connectivity index (χ1) is 12.6. The molecule has 0 unspecified atom stereocenters. The molecule has 1 aromatic carbocycles. The predicted molar refractivity (Wildman–Crippen MR) is 100 cm³/mol. The maximum Gasteiger partial charge on any atom is 0.258 e. The zero-order valence-electron chi connectivity index (χ0n) is 14.1. The number of hydrogen-bond donors (Lipinski definition) is 2. The Labute approximate surface area is 149 Å². The summed E-state index contributed by atoms with van der Waals surface area (Å²) in [4.78, 5) is 31.1. The second-order valence-corrected chi connectivity index (χ2v) is 5.96. The van der Waals surface area contributed by atoms with Gasteiger partial charge in [-0.25, -0.2) is 4.98 Å². The number of aromatic amines is 1. The Hall–Kier alpha value is -3.67. The van der Waals surface area contributed by atoms with Crippen molar-refractivity contribution in [1.29, 1.82) is 0 Å². The van der Waals surface area contributed by atoms with Crippen LogP contribution in [0.5, 0.6) is 0 Å². The van der Waals surface area contributed by atoms with Gasteiger partial charge in [0.1, 0.15) is 17.2 Å². The van der Waals surface area contributed by atoms with E-state index in [1.807, 2.05) is 60.0 Å². The number of aryl methyl sites for hydroxylation is 1. The van der Waals surface area contributed by atoms with Crippen molar-refractivity contribution in [2.24, 2.45) is 0 Å². The van der Waals surface area contributed by atoms with E-state index in [9.17, 15) is 9.59 Å². The van der Waals surface area contributed by atoms with Gasteiger partial charge in [-0.2, -0.15) is 0 Å². The van der Waals surface area contributed by atoms with Crippen LogP contribution in [0.3, 0.4) is 0 Å². The lowest BCUT2D eigenvalue weighted by atomic mass is 10.1. The number of pyridine rings is 2. The lowest BCUT2D eigenvalue weighted by molar-refractivity contribution is 0.102. The third-order valence-corrected chi connectivity index (χ3v) is 4.17. The summed E-state index contributed by atoms with van der Waals surface area (Å²) in [5.74, 6) is 0.271. The number of benzene rings is 1. The van der Waals surface area contributed by atoms with E-state index in [-0.39, 0.29) is 11.5 Å². The molecule has 0 aliphatic heterocycles. The van der Waals surface area contributed by atoms with Gasteiger partial charge in [0.2, 0.25) is 5.56 Å². The summed E-state index contributed by atoms with van der Waals surface area (Å²) in [5, 5.41) is 2.93. The Morgan fingerprint density at radius 2 is 1.88 bits per heavy atom. The molecule has 0 fully saturated rings. The minimum Gasteiger partial charge on any atom is -0.328 e. The van der Waals surface area contributed by atoms with Crippen molar-refractivity contribution in [2.75, 3.05) is 5.32 Å². The number of anilines is 1. The number of hydrogen-bond acceptors (Lipinski definition) is 3. The molecule has 0 atom stereocenters. The van der Waals surface area contributed by atoms with Gasteiger partial charge < -0.3 is 10.3 Å². The summed E-state index contributed by atoms with van der Waals surface area (Å²) >= 11 is 0. The summed E-state index contributed by atoms with van der Waals surface area (Å²) in [7, 11) is 0. The highest BCUT2D eigenvalue weighted by Crippen LogP contribution is 2.30. The molecule has 3 heterocycles. The predicted octanol–water partition coefficient (Wildman–Crippen LogP) is 3.25. The number of H-pyrrole nitrogens is 1. The highest BCUT2D eigenvalue weighted by molar-refractivity contribution is 6.05. The summed E-state index contributed by atoms with van der Waals surface area (Å²) in [6.07, 6.45) is 3.26. The van der Waals surface area contributed by atoms with Crippen LogP contribution in [0.4, 0.5) is 5.82 Å². The van der Waals surface area contributed by atoms with Crippen LogP contribution >= 0.6 is 0 Å². The maximum atomic E-state index is 12.7. The van der Waals surface area contributed by atoms with Crippen molar-refractivity contribution in [3.05, 3.63) is 88.5 Å². The Kier molecular flexibility index (Phi) is 3.85. The second kappa shape index (κ2) is 6.33. The van der Waals surface area contributed by atoms with Crippen LogP contribution in [0.25, 0.3) is 16.9 Å². The van der Waals surface area contributed by atoms with Gasteiger partial charge in [-0.3, -0.25) is 14.0 Å². The van der Waals surface area contributed by atoms with E-state index in [1.165, 1.54) is 18.3 Å². The zero-order chi connectivity index (χ0) is 18.1. The van der Waals surface area contributed by atoms with E-state index in [0.717, 1.165) is 16.8 Å². The lowest BCUT2D eigenvalue weighted by Crippen LogP contribution is -2.16. The smallest absolute Gasteiger partial charge is 0.258 e. The number of imidazole rings is 1. The highest BCUT2D eigenvalue weighted by Gasteiger charge is 2.18. The number of nitrogens with one attached hydrogen (secondary N) is 2. The molecule has 0 saturated carbocycles. The molecule has 0 radical (unpaired) electrons. The van der Waals surface area contributed by atoms with Crippen LogP contribution in [-0.4, -0.2) is 20.3 Å². The minimum atomic E-state index is -0.318. The maximum absolute atomic E-state index is 12.7. The van der Waals surface area contributed by atoms with E-state index < -0.39 is 0 Å². The molecule has 3 aromatic heterocycles. The summed E-state index contributed by atoms with van der Waals surface area (Å²) < 4.78 is 1.86. The molecular weight excluding hydrogens is 328 g/mol. The number of carbonyl (C=O) groups excluding carboxylic acids is 1. The number of fused-ring (bicyclic) bond motifs is 1. The quantitative estimate of drug-likeness (QED) is 0.599. The first kappa shape index (κ1) is 15.8. The van der Waals surface area contributed by atoms with E-state index >= 15 is 0 Å². The standard InChI is InChI=1S/C20H16N4O2/c1-13-6-5-11-24-18(13)22-17(14-7-3-2-4-8-14)19(24)23-20(26)15-9-10-16(25)21-12-15/h2-12H,1H3,(H,21,25)(H,23,26). The zero-order valence-corrected chi connectivity index (χ0v) is 14.1. The molecule has 0 spiro atoms. The van der Waals surface area contributed by atoms with Gasteiger partial charge >= 0.3 is 0 Å². The SMILES string of the molecule is Cc1cccn2c(NC(=O)c3ccc(=O)[nH]c3)c(-c3ccccc3)nc12. The van der Waals surface area contributed by atoms with Gasteiger partial charge in [-0.1, -0.05) is 36.4 Å². The normalized spacial score (nSPS) is 10.8. The Morgan fingerprint density at radius 3 is 2.62 bits per heavy atom. The van der Waals surface area contributed by atoms with Crippen LogP contribution in [0.1, 0.15) is 15.9 Å². The number of aromatic nitrogens is 3. The van der Waals surface area contributed by atoms with Crippen LogP contribution in [-0.2, 0) is 0 Å². The molecule has 0 saturated heterocycles. The molecule has 6 heteroatoms. The van der Waals surface area contributed by atoms with Crippen molar-refractivity contribution in [3.8, 4) is 11.3 Å². The van der Waals surface area contributed by atoms with Gasteiger partial charge in [0.05, 0.1) is 5.56 Å². The molecule has 4 aromatic rings. The van der Waals surface area contributed by atoms with Crippen molar-refractivity contribution in [2.45, 2.75) is 6.92 Å². The average Bonchev–Trinajstić information content (AvgIpc) is 3.03. The molecular formula is C20H16N4O2. The van der Waals surface area contributed by atoms with E-state index in [2.05, 4.69) is 10.3 Å². The summed E-state index contributed by atoms with van der Waals surface area (Å²) in [6, 6.07) is 16.4. The second-order valence-electron chi connectivity index (χ2n) is 5.96. The summed E-state index contributed by atoms with van der Waals surface area (Å²) in [5.41, 5.74) is 3.51. The number of rotatable bonds is 3. The van der Waals surface area contributed by atoms with Gasteiger partial charge in [0, 0.05) is 24.0 Å². The Balaban J connectivity index is 1.85. The van der Waals surface area contributed by atoms with Crippen molar-refractivity contribution < 1.29 is 4.79 Å². The van der Waals surface area contributed by atoms with Crippen LogP contribution in [0.15, 0.2) is 71.8 Å². The van der Waals surface area contributed by atoms with Crippen LogP contribution in [0, 0.1) is 6.92 Å². The van der Waals surface area contributed by atoms with Crippen LogP contribution in [0.2, 0.25) is 0 Å². The molecule has 4 rings (SSSR count). The molecule has 0 aliphatic carbocycles. The number of carbonyl (C=O) groups is 1. The molecule has 26 heavy (non-hydrogen) atoms. The fourth-order valence-corrected chi connectivity index (χ4v) is 2.85. The topological polar surface area (TPSA) is 79.3 Å². The van der Waals surface area contributed by atoms with E-state index in [1.54, 1.807) is 0 Å². The Bertz CT molecular complexity index is 1140. The third kappa shape index (κ3) is 2.77. The molecule has 128 valence electrons. The van der Waals surface area contributed by atoms with Crippen molar-refractivity contribution in [3.63, 3.8) is 0 Å². The number of nitrogens with zero attached hydrogens (tertiary/aromatic N) is 2. The van der Waals surface area contributed by atoms with Gasteiger partial charge in [0.15, 0.2) is 0 Å². The van der Waals surface area contributed by atoms with E-state index in [4.69, 9.17) is 4.98 Å².